The Morgan fingerprint density at radius 1 is 1.10 bits per heavy atom. The first-order valence-corrected chi connectivity index (χ1v) is 11.0. The smallest absolute Gasteiger partial charge is 0.293 e. The van der Waals surface area contributed by atoms with E-state index < -0.39 is 0 Å². The number of rotatable bonds is 7. The van der Waals surface area contributed by atoms with Crippen molar-refractivity contribution in [2.24, 2.45) is 0 Å². The first kappa shape index (κ1) is 21.5. The number of carbonyl (C=O) groups is 2. The second-order valence-corrected chi connectivity index (χ2v) is 8.40. The lowest BCUT2D eigenvalue weighted by atomic mass is 10.1. The predicted octanol–water partition coefficient (Wildman–Crippen LogP) is 5.54. The van der Waals surface area contributed by atoms with E-state index in [-0.39, 0.29) is 17.7 Å². The van der Waals surface area contributed by atoms with Crippen molar-refractivity contribution in [3.63, 3.8) is 0 Å². The lowest BCUT2D eigenvalue weighted by molar-refractivity contribution is -0.123. The Morgan fingerprint density at radius 3 is 2.41 bits per heavy atom. The van der Waals surface area contributed by atoms with Gasteiger partial charge in [-0.1, -0.05) is 28.1 Å². The van der Waals surface area contributed by atoms with Gasteiger partial charge in [-0.3, -0.25) is 14.5 Å². The van der Waals surface area contributed by atoms with Crippen molar-refractivity contribution in [2.45, 2.75) is 20.4 Å². The average molecular weight is 475 g/mol. The molecule has 0 bridgehead atoms. The van der Waals surface area contributed by atoms with Gasteiger partial charge in [0.2, 0.25) is 0 Å². The van der Waals surface area contributed by atoms with Gasteiger partial charge in [0.25, 0.3) is 11.1 Å². The first-order chi connectivity index (χ1) is 14.0. The molecule has 0 radical (unpaired) electrons. The van der Waals surface area contributed by atoms with Crippen LogP contribution in [0.3, 0.4) is 0 Å². The number of anilines is 1. The van der Waals surface area contributed by atoms with E-state index in [2.05, 4.69) is 34.7 Å². The molecule has 1 saturated heterocycles. The molecule has 1 heterocycles. The highest BCUT2D eigenvalue weighted by atomic mass is 79.9. The zero-order valence-corrected chi connectivity index (χ0v) is 19.0. The summed E-state index contributed by atoms with van der Waals surface area (Å²) < 4.78 is 6.49. The van der Waals surface area contributed by atoms with Crippen LogP contribution in [0.5, 0.6) is 5.75 Å². The molecule has 0 aliphatic carbocycles. The van der Waals surface area contributed by atoms with Crippen molar-refractivity contribution in [1.29, 1.82) is 0 Å². The summed E-state index contributed by atoms with van der Waals surface area (Å²) in [6, 6.07) is 13.5. The Bertz CT molecular complexity index is 940. The molecule has 0 saturated carbocycles. The molecule has 0 N–H and O–H groups in total. The number of carbonyl (C=O) groups excluding carboxylic acids is 2. The van der Waals surface area contributed by atoms with Gasteiger partial charge in [-0.2, -0.15) is 0 Å². The van der Waals surface area contributed by atoms with Crippen molar-refractivity contribution in [2.75, 3.05) is 25.1 Å². The standard InChI is InChI=1S/C22H23BrN2O3S/c1-4-24(5-2)18-11-8-16(19(13-18)28-3)12-20-21(26)25(22(27)29-20)14-15-6-9-17(23)10-7-15/h6-13H,4-5,14H2,1-3H3/b20-12-. The molecule has 1 aliphatic rings. The van der Waals surface area contributed by atoms with Crippen LogP contribution in [0.4, 0.5) is 10.5 Å². The summed E-state index contributed by atoms with van der Waals surface area (Å²) in [5.74, 6) is 0.395. The first-order valence-electron chi connectivity index (χ1n) is 9.39. The molecular weight excluding hydrogens is 452 g/mol. The normalized spacial score (nSPS) is 15.3. The van der Waals surface area contributed by atoms with Crippen LogP contribution in [0.15, 0.2) is 51.8 Å². The monoisotopic (exact) mass is 474 g/mol. The van der Waals surface area contributed by atoms with Gasteiger partial charge in [0, 0.05) is 34.9 Å². The summed E-state index contributed by atoms with van der Waals surface area (Å²) in [4.78, 5) is 29.1. The van der Waals surface area contributed by atoms with E-state index in [1.807, 2.05) is 42.5 Å². The molecule has 1 fully saturated rings. The van der Waals surface area contributed by atoms with E-state index in [0.717, 1.165) is 46.1 Å². The highest BCUT2D eigenvalue weighted by molar-refractivity contribution is 9.10. The summed E-state index contributed by atoms with van der Waals surface area (Å²) in [7, 11) is 1.61. The number of methoxy groups -OCH3 is 1. The van der Waals surface area contributed by atoms with Gasteiger partial charge in [-0.25, -0.2) is 0 Å². The number of imide groups is 1. The summed E-state index contributed by atoms with van der Waals surface area (Å²) in [5, 5.41) is -0.261. The van der Waals surface area contributed by atoms with Crippen molar-refractivity contribution in [3.8, 4) is 5.75 Å². The molecule has 0 atom stereocenters. The van der Waals surface area contributed by atoms with Gasteiger partial charge >= 0.3 is 0 Å². The Labute approximate surface area is 183 Å². The maximum Gasteiger partial charge on any atom is 0.293 e. The van der Waals surface area contributed by atoms with E-state index in [1.54, 1.807) is 13.2 Å². The zero-order chi connectivity index (χ0) is 21.0. The van der Waals surface area contributed by atoms with Crippen LogP contribution in [0.25, 0.3) is 6.08 Å². The molecular formula is C22H23BrN2O3S. The van der Waals surface area contributed by atoms with Crippen LogP contribution in [-0.4, -0.2) is 36.2 Å². The number of hydrogen-bond donors (Lipinski definition) is 0. The Morgan fingerprint density at radius 2 is 1.79 bits per heavy atom. The molecule has 0 unspecified atom stereocenters. The minimum atomic E-state index is -0.280. The molecule has 3 rings (SSSR count). The topological polar surface area (TPSA) is 49.9 Å². The Kier molecular flexibility index (Phi) is 7.03. The quantitative estimate of drug-likeness (QED) is 0.493. The van der Waals surface area contributed by atoms with Crippen LogP contribution >= 0.6 is 27.7 Å². The minimum absolute atomic E-state index is 0.257. The van der Waals surface area contributed by atoms with Crippen molar-refractivity contribution in [3.05, 3.63) is 63.0 Å². The van der Waals surface area contributed by atoms with Crippen molar-refractivity contribution in [1.82, 2.24) is 4.90 Å². The Hall–Kier alpha value is -2.25. The van der Waals surface area contributed by atoms with Gasteiger partial charge in [0.05, 0.1) is 18.6 Å². The predicted molar refractivity (Wildman–Crippen MR) is 122 cm³/mol. The number of ether oxygens (including phenoxy) is 1. The van der Waals surface area contributed by atoms with Crippen molar-refractivity contribution < 1.29 is 14.3 Å². The largest absolute Gasteiger partial charge is 0.496 e. The number of amides is 2. The molecule has 5 nitrogen and oxygen atoms in total. The molecule has 1 aliphatic heterocycles. The minimum Gasteiger partial charge on any atom is -0.496 e. The highest BCUT2D eigenvalue weighted by Crippen LogP contribution is 2.36. The molecule has 0 aromatic heterocycles. The fourth-order valence-corrected chi connectivity index (χ4v) is 4.25. The fourth-order valence-electron chi connectivity index (χ4n) is 3.15. The van der Waals surface area contributed by atoms with Crippen molar-refractivity contribution >= 4 is 50.6 Å². The molecule has 7 heteroatoms. The average Bonchev–Trinajstić information content (AvgIpc) is 2.98. The lowest BCUT2D eigenvalue weighted by Crippen LogP contribution is -2.27. The third-order valence-electron chi connectivity index (χ3n) is 4.76. The van der Waals surface area contributed by atoms with E-state index in [9.17, 15) is 9.59 Å². The molecule has 29 heavy (non-hydrogen) atoms. The number of thioether (sulfide) groups is 1. The highest BCUT2D eigenvalue weighted by Gasteiger charge is 2.35. The third kappa shape index (κ3) is 4.85. The van der Waals surface area contributed by atoms with E-state index in [0.29, 0.717) is 10.7 Å². The summed E-state index contributed by atoms with van der Waals surface area (Å²) >= 11 is 4.35. The van der Waals surface area contributed by atoms with Crippen LogP contribution in [-0.2, 0) is 11.3 Å². The summed E-state index contributed by atoms with van der Waals surface area (Å²) in [5.41, 5.74) is 2.74. The number of benzene rings is 2. The molecule has 152 valence electrons. The van der Waals surface area contributed by atoms with Crippen LogP contribution in [0.1, 0.15) is 25.0 Å². The maximum absolute atomic E-state index is 12.8. The number of nitrogens with zero attached hydrogens (tertiary/aromatic N) is 2. The lowest BCUT2D eigenvalue weighted by Gasteiger charge is -2.22. The summed E-state index contributed by atoms with van der Waals surface area (Å²) in [6.45, 7) is 6.26. The SMILES string of the molecule is CCN(CC)c1ccc(/C=C2\SC(=O)N(Cc3ccc(Br)cc3)C2=O)c(OC)c1. The van der Waals surface area contributed by atoms with E-state index >= 15 is 0 Å². The van der Waals surface area contributed by atoms with Gasteiger partial charge in [-0.05, 0) is 61.5 Å². The summed E-state index contributed by atoms with van der Waals surface area (Å²) in [6.07, 6.45) is 1.73. The second-order valence-electron chi connectivity index (χ2n) is 6.49. The second kappa shape index (κ2) is 9.50. The molecule has 2 aromatic rings. The van der Waals surface area contributed by atoms with E-state index in [4.69, 9.17) is 4.74 Å². The number of hydrogen-bond acceptors (Lipinski definition) is 5. The van der Waals surface area contributed by atoms with Gasteiger partial charge in [0.15, 0.2) is 0 Å². The molecule has 0 spiro atoms. The van der Waals surface area contributed by atoms with Crippen LogP contribution in [0, 0.1) is 0 Å². The maximum atomic E-state index is 12.8. The molecule has 2 amide bonds. The fraction of sp³-hybridized carbons (Fsp3) is 0.273. The zero-order valence-electron chi connectivity index (χ0n) is 16.6. The van der Waals surface area contributed by atoms with Crippen LogP contribution in [0.2, 0.25) is 0 Å². The Balaban J connectivity index is 1.84. The van der Waals surface area contributed by atoms with Gasteiger partial charge in [0.1, 0.15) is 5.75 Å². The number of halogens is 1. The van der Waals surface area contributed by atoms with Gasteiger partial charge in [-0.15, -0.1) is 0 Å². The van der Waals surface area contributed by atoms with Gasteiger partial charge < -0.3 is 9.64 Å². The third-order valence-corrected chi connectivity index (χ3v) is 6.20. The van der Waals surface area contributed by atoms with Crippen LogP contribution < -0.4 is 9.64 Å². The molecule has 2 aromatic carbocycles. The van der Waals surface area contributed by atoms with E-state index in [1.165, 1.54) is 4.90 Å².